The van der Waals surface area contributed by atoms with Gasteiger partial charge >= 0.3 is 5.97 Å². The Balaban J connectivity index is 2.06. The van der Waals surface area contributed by atoms with E-state index >= 15 is 0 Å². The second kappa shape index (κ2) is 5.42. The van der Waals surface area contributed by atoms with Crippen molar-refractivity contribution in [2.45, 2.75) is 12.8 Å². The van der Waals surface area contributed by atoms with Gasteiger partial charge in [-0.25, -0.2) is 8.42 Å². The molecular weight excluding hydrogens is 288 g/mol. The van der Waals surface area contributed by atoms with E-state index in [4.69, 9.17) is 0 Å². The fourth-order valence-electron chi connectivity index (χ4n) is 2.02. The number of rotatable bonds is 4. The standard InChI is InChI=1S/C12H14O5S2/c1-17-11(13)6-9-2-3-10(18-9)12(14)8-4-5-19(15,16)7-8/h2-3,8H,4-7H2,1H3. The molecule has 5 nitrogen and oxygen atoms in total. The summed E-state index contributed by atoms with van der Waals surface area (Å²) in [4.78, 5) is 24.5. The third-order valence-corrected chi connectivity index (χ3v) is 5.92. The van der Waals surface area contributed by atoms with Gasteiger partial charge in [-0.05, 0) is 18.6 Å². The van der Waals surface area contributed by atoms with Crippen molar-refractivity contribution >= 4 is 32.9 Å². The molecule has 0 aromatic carbocycles. The van der Waals surface area contributed by atoms with Gasteiger partial charge in [-0.3, -0.25) is 9.59 Å². The van der Waals surface area contributed by atoms with Crippen LogP contribution in [0, 0.1) is 5.92 Å². The van der Waals surface area contributed by atoms with Gasteiger partial charge in [-0.15, -0.1) is 11.3 Å². The minimum absolute atomic E-state index is 0.0595. The monoisotopic (exact) mass is 302 g/mol. The molecule has 1 saturated heterocycles. The Kier molecular flexibility index (Phi) is 4.05. The summed E-state index contributed by atoms with van der Waals surface area (Å²) < 4.78 is 27.3. The van der Waals surface area contributed by atoms with Crippen LogP contribution in [0.15, 0.2) is 12.1 Å². The molecule has 0 bridgehead atoms. The first-order chi connectivity index (χ1) is 8.91. The normalized spacial score (nSPS) is 21.2. The highest BCUT2D eigenvalue weighted by Gasteiger charge is 2.33. The lowest BCUT2D eigenvalue weighted by molar-refractivity contribution is -0.139. The van der Waals surface area contributed by atoms with Crippen molar-refractivity contribution < 1.29 is 22.7 Å². The van der Waals surface area contributed by atoms with E-state index in [1.54, 1.807) is 12.1 Å². The van der Waals surface area contributed by atoms with Crippen LogP contribution in [0.3, 0.4) is 0 Å². The van der Waals surface area contributed by atoms with E-state index in [1.165, 1.54) is 18.4 Å². The minimum atomic E-state index is -3.05. The van der Waals surface area contributed by atoms with Crippen LogP contribution in [0.25, 0.3) is 0 Å². The van der Waals surface area contributed by atoms with Crippen LogP contribution in [0.5, 0.6) is 0 Å². The van der Waals surface area contributed by atoms with Gasteiger partial charge in [0.25, 0.3) is 0 Å². The fourth-order valence-corrected chi connectivity index (χ4v) is 4.78. The van der Waals surface area contributed by atoms with Crippen LogP contribution in [0.4, 0.5) is 0 Å². The molecule has 104 valence electrons. The molecule has 7 heteroatoms. The van der Waals surface area contributed by atoms with E-state index in [9.17, 15) is 18.0 Å². The van der Waals surface area contributed by atoms with E-state index in [0.29, 0.717) is 11.3 Å². The molecule has 0 aliphatic carbocycles. The van der Waals surface area contributed by atoms with Gasteiger partial charge in [0.05, 0.1) is 29.9 Å². The lowest BCUT2D eigenvalue weighted by atomic mass is 10.0. The molecule has 1 unspecified atom stereocenters. The summed E-state index contributed by atoms with van der Waals surface area (Å²) in [5, 5.41) is 0. The molecule has 1 aromatic heterocycles. The van der Waals surface area contributed by atoms with Crippen molar-refractivity contribution in [3.8, 4) is 0 Å². The zero-order valence-electron chi connectivity index (χ0n) is 10.4. The highest BCUT2D eigenvalue weighted by molar-refractivity contribution is 7.91. The van der Waals surface area contributed by atoms with Crippen molar-refractivity contribution in [3.05, 3.63) is 21.9 Å². The number of ether oxygens (including phenoxy) is 1. The number of esters is 1. The summed E-state index contributed by atoms with van der Waals surface area (Å²) in [6, 6.07) is 3.36. The molecule has 1 atom stereocenters. The van der Waals surface area contributed by atoms with Crippen molar-refractivity contribution in [1.82, 2.24) is 0 Å². The van der Waals surface area contributed by atoms with Crippen molar-refractivity contribution in [1.29, 1.82) is 0 Å². The van der Waals surface area contributed by atoms with E-state index in [1.807, 2.05) is 0 Å². The predicted octanol–water partition coefficient (Wildman–Crippen LogP) is 1.08. The first-order valence-corrected chi connectivity index (χ1v) is 8.45. The van der Waals surface area contributed by atoms with Gasteiger partial charge < -0.3 is 4.74 Å². The van der Waals surface area contributed by atoms with Gasteiger partial charge in [0, 0.05) is 10.8 Å². The highest BCUT2D eigenvalue weighted by Crippen LogP contribution is 2.26. The molecular formula is C12H14O5S2. The number of sulfone groups is 1. The van der Waals surface area contributed by atoms with Gasteiger partial charge in [0.1, 0.15) is 0 Å². The first kappa shape index (κ1) is 14.2. The molecule has 0 radical (unpaired) electrons. The smallest absolute Gasteiger partial charge is 0.310 e. The van der Waals surface area contributed by atoms with Gasteiger partial charge in [-0.2, -0.15) is 0 Å². The van der Waals surface area contributed by atoms with E-state index < -0.39 is 15.8 Å². The first-order valence-electron chi connectivity index (χ1n) is 5.81. The van der Waals surface area contributed by atoms with Crippen LogP contribution in [0.2, 0.25) is 0 Å². The van der Waals surface area contributed by atoms with E-state index in [-0.39, 0.29) is 29.7 Å². The second-order valence-electron chi connectivity index (χ2n) is 4.48. The van der Waals surface area contributed by atoms with Gasteiger partial charge in [0.15, 0.2) is 15.6 Å². The van der Waals surface area contributed by atoms with Gasteiger partial charge in [-0.1, -0.05) is 0 Å². The molecule has 0 spiro atoms. The third-order valence-electron chi connectivity index (χ3n) is 3.05. The number of carbonyl (C=O) groups is 2. The Morgan fingerprint density at radius 2 is 2.16 bits per heavy atom. The molecule has 1 aliphatic heterocycles. The minimum Gasteiger partial charge on any atom is -0.469 e. The maximum atomic E-state index is 12.1. The van der Waals surface area contributed by atoms with Crippen molar-refractivity contribution in [3.63, 3.8) is 0 Å². The molecule has 1 aromatic rings. The number of carbonyl (C=O) groups excluding carboxylic acids is 2. The maximum absolute atomic E-state index is 12.1. The van der Waals surface area contributed by atoms with Gasteiger partial charge in [0.2, 0.25) is 0 Å². The van der Waals surface area contributed by atoms with E-state index in [2.05, 4.69) is 4.74 Å². The Hall–Kier alpha value is -1.21. The number of hydrogen-bond acceptors (Lipinski definition) is 6. The van der Waals surface area contributed by atoms with Crippen LogP contribution in [-0.2, 0) is 25.8 Å². The average Bonchev–Trinajstić information content (AvgIpc) is 2.95. The van der Waals surface area contributed by atoms with Crippen LogP contribution in [-0.4, -0.2) is 38.8 Å². The largest absolute Gasteiger partial charge is 0.469 e. The molecule has 0 saturated carbocycles. The quantitative estimate of drug-likeness (QED) is 0.614. The van der Waals surface area contributed by atoms with Crippen molar-refractivity contribution in [2.24, 2.45) is 5.92 Å². The topological polar surface area (TPSA) is 77.5 Å². The summed E-state index contributed by atoms with van der Waals surface area (Å²) in [7, 11) is -1.74. The lowest BCUT2D eigenvalue weighted by Crippen LogP contribution is -2.15. The maximum Gasteiger partial charge on any atom is 0.310 e. The number of Topliss-reactive ketones (excluding diaryl/α,β-unsaturated/α-hetero) is 1. The molecule has 1 aliphatic rings. The number of methoxy groups -OCH3 is 1. The second-order valence-corrected chi connectivity index (χ2v) is 7.88. The third kappa shape index (κ3) is 3.42. The van der Waals surface area contributed by atoms with Crippen LogP contribution in [0.1, 0.15) is 21.0 Å². The van der Waals surface area contributed by atoms with Crippen LogP contribution < -0.4 is 0 Å². The number of ketones is 1. The Morgan fingerprint density at radius 1 is 1.42 bits per heavy atom. The van der Waals surface area contributed by atoms with Crippen molar-refractivity contribution in [2.75, 3.05) is 18.6 Å². The Labute approximate surface area is 115 Å². The number of hydrogen-bond donors (Lipinski definition) is 0. The summed E-state index contributed by atoms with van der Waals surface area (Å²) in [5.74, 6) is -0.902. The summed E-state index contributed by atoms with van der Waals surface area (Å²) in [5.41, 5.74) is 0. The lowest BCUT2D eigenvalue weighted by Gasteiger charge is -2.03. The Bertz CT molecular complexity index is 599. The number of thiophene rings is 1. The molecule has 2 heterocycles. The SMILES string of the molecule is COC(=O)Cc1ccc(C(=O)C2CCS(=O)(=O)C2)s1. The molecule has 19 heavy (non-hydrogen) atoms. The molecule has 0 amide bonds. The molecule has 2 rings (SSSR count). The summed E-state index contributed by atoms with van der Waals surface area (Å²) in [6.45, 7) is 0. The molecule has 0 N–H and O–H groups in total. The summed E-state index contributed by atoms with van der Waals surface area (Å²) in [6.07, 6.45) is 0.531. The fraction of sp³-hybridized carbons (Fsp3) is 0.500. The average molecular weight is 302 g/mol. The Morgan fingerprint density at radius 3 is 2.74 bits per heavy atom. The zero-order valence-corrected chi connectivity index (χ0v) is 12.1. The predicted molar refractivity (Wildman–Crippen MR) is 71.1 cm³/mol. The summed E-state index contributed by atoms with van der Waals surface area (Å²) >= 11 is 1.23. The zero-order chi connectivity index (χ0) is 14.0. The molecule has 1 fully saturated rings. The van der Waals surface area contributed by atoms with E-state index in [0.717, 1.165) is 4.88 Å². The van der Waals surface area contributed by atoms with Crippen LogP contribution >= 0.6 is 11.3 Å². The highest BCUT2D eigenvalue weighted by atomic mass is 32.2.